The lowest BCUT2D eigenvalue weighted by atomic mass is 9.76. The molecule has 272 valence electrons. The lowest BCUT2D eigenvalue weighted by Crippen LogP contribution is -2.58. The molecular formula is C47H49NO4S. The minimum atomic E-state index is -0.595. The lowest BCUT2D eigenvalue weighted by Gasteiger charge is -2.45. The summed E-state index contributed by atoms with van der Waals surface area (Å²) in [7, 11) is 2.11. The number of carbonyl (C=O) groups is 1. The van der Waals surface area contributed by atoms with Gasteiger partial charge in [0.15, 0.2) is 0 Å². The molecule has 0 aromatic heterocycles. The minimum absolute atomic E-state index is 0.232. The second-order valence-corrected chi connectivity index (χ2v) is 15.7. The highest BCUT2D eigenvalue weighted by atomic mass is 32.2. The van der Waals surface area contributed by atoms with Crippen molar-refractivity contribution in [2.24, 2.45) is 0 Å². The minimum Gasteiger partial charge on any atom is -0.494 e. The summed E-state index contributed by atoms with van der Waals surface area (Å²) in [5.41, 5.74) is 5.32. The first-order valence-corrected chi connectivity index (χ1v) is 19.8. The zero-order valence-corrected chi connectivity index (χ0v) is 32.1. The fraction of sp³-hybridized carbons (Fsp3) is 0.298. The summed E-state index contributed by atoms with van der Waals surface area (Å²) in [5.74, 6) is 1.88. The van der Waals surface area contributed by atoms with Gasteiger partial charge in [-0.25, -0.2) is 4.79 Å². The van der Waals surface area contributed by atoms with Gasteiger partial charge in [0.1, 0.15) is 17.2 Å². The molecule has 7 rings (SSSR count). The van der Waals surface area contributed by atoms with E-state index in [1.54, 1.807) is 11.8 Å². The molecule has 1 atom stereocenters. The quantitative estimate of drug-likeness (QED) is 0.0646. The molecule has 1 spiro atoms. The van der Waals surface area contributed by atoms with E-state index in [1.165, 1.54) is 49.8 Å². The fourth-order valence-corrected chi connectivity index (χ4v) is 8.36. The Balaban J connectivity index is 0.903. The Kier molecular flexibility index (Phi) is 11.0. The van der Waals surface area contributed by atoms with Crippen molar-refractivity contribution in [2.75, 3.05) is 18.6 Å². The van der Waals surface area contributed by atoms with Gasteiger partial charge < -0.3 is 19.1 Å². The monoisotopic (exact) mass is 723 g/mol. The van der Waals surface area contributed by atoms with Crippen molar-refractivity contribution in [2.45, 2.75) is 86.6 Å². The van der Waals surface area contributed by atoms with Gasteiger partial charge in [-0.3, -0.25) is 0 Å². The Morgan fingerprint density at radius 2 is 1.38 bits per heavy atom. The molecule has 53 heavy (non-hydrogen) atoms. The number of anilines is 1. The Bertz CT molecular complexity index is 2050. The van der Waals surface area contributed by atoms with E-state index in [2.05, 4.69) is 99.5 Å². The maximum Gasteiger partial charge on any atom is 0.343 e. The highest BCUT2D eigenvalue weighted by molar-refractivity contribution is 7.99. The van der Waals surface area contributed by atoms with Crippen molar-refractivity contribution in [1.82, 2.24) is 0 Å². The van der Waals surface area contributed by atoms with Crippen LogP contribution in [0.2, 0.25) is 0 Å². The second kappa shape index (κ2) is 16.0. The highest BCUT2D eigenvalue weighted by Gasteiger charge is 2.57. The van der Waals surface area contributed by atoms with Crippen LogP contribution in [-0.2, 0) is 5.41 Å². The Labute approximate surface area is 319 Å². The molecule has 0 aliphatic carbocycles. The Morgan fingerprint density at radius 1 is 0.736 bits per heavy atom. The van der Waals surface area contributed by atoms with Gasteiger partial charge in [0.2, 0.25) is 5.72 Å². The van der Waals surface area contributed by atoms with Crippen LogP contribution in [-0.4, -0.2) is 25.3 Å². The van der Waals surface area contributed by atoms with Gasteiger partial charge in [0.25, 0.3) is 0 Å². The average molecular weight is 724 g/mol. The number of likely N-dealkylation sites (N-methyl/N-ethyl adjacent to an activating group) is 1. The number of rotatable bonds is 14. The maximum atomic E-state index is 13.0. The third-order valence-electron chi connectivity index (χ3n) is 10.7. The number of carbonyl (C=O) groups excluding carboxylic acids is 1. The molecule has 2 aliphatic rings. The topological polar surface area (TPSA) is 48.0 Å². The Hall–Kier alpha value is -4.94. The zero-order valence-electron chi connectivity index (χ0n) is 31.3. The molecule has 5 aromatic carbocycles. The van der Waals surface area contributed by atoms with Gasteiger partial charge in [0, 0.05) is 28.1 Å². The smallest absolute Gasteiger partial charge is 0.343 e. The SMILES string of the molecule is CCCCCCCCCOc1ccc(-c2ccc(C(=O)Oc3ccc(Sc4ccc5c(c4)C=C[C@]4(O5)N(C)c5ccccc5C4(C)C)cc3)cc2)cc1. The van der Waals surface area contributed by atoms with Gasteiger partial charge >= 0.3 is 5.97 Å². The highest BCUT2D eigenvalue weighted by Crippen LogP contribution is 2.54. The predicted octanol–water partition coefficient (Wildman–Crippen LogP) is 12.4. The number of hydrogen-bond donors (Lipinski definition) is 0. The molecule has 6 heteroatoms. The summed E-state index contributed by atoms with van der Waals surface area (Å²) in [4.78, 5) is 17.4. The van der Waals surface area contributed by atoms with E-state index in [4.69, 9.17) is 14.2 Å². The van der Waals surface area contributed by atoms with Crippen LogP contribution in [0.3, 0.4) is 0 Å². The normalized spacial score (nSPS) is 16.6. The Morgan fingerprint density at radius 3 is 2.09 bits per heavy atom. The van der Waals surface area contributed by atoms with Crippen LogP contribution in [0.5, 0.6) is 17.2 Å². The number of hydrogen-bond acceptors (Lipinski definition) is 6. The molecular weight excluding hydrogens is 675 g/mol. The zero-order chi connectivity index (χ0) is 36.8. The molecule has 0 N–H and O–H groups in total. The van der Waals surface area contributed by atoms with Gasteiger partial charge in [-0.2, -0.15) is 0 Å². The van der Waals surface area contributed by atoms with E-state index in [1.807, 2.05) is 60.7 Å². The van der Waals surface area contributed by atoms with Crippen LogP contribution in [0, 0.1) is 0 Å². The molecule has 5 nitrogen and oxygen atoms in total. The van der Waals surface area contributed by atoms with Crippen LogP contribution < -0.4 is 19.1 Å². The number of benzene rings is 5. The van der Waals surface area contributed by atoms with E-state index in [9.17, 15) is 4.79 Å². The summed E-state index contributed by atoms with van der Waals surface area (Å²) >= 11 is 1.66. The molecule has 0 amide bonds. The standard InChI is InChI=1S/C47H49NO4S/c1-5-6-7-8-9-10-13-32-50-38-22-20-35(21-23-38)34-16-18-36(19-17-34)45(49)51-39-24-26-40(27-25-39)53-41-28-29-44-37(33-41)30-31-47(52-44)46(2,3)42-14-11-12-15-43(42)48(47)4/h11-12,14-31,33H,5-10,13,32H2,1-4H3/t47-/m1/s1. The molecule has 2 aliphatic heterocycles. The van der Waals surface area contributed by atoms with E-state index < -0.39 is 5.72 Å². The third kappa shape index (κ3) is 7.75. The first kappa shape index (κ1) is 36.4. The van der Waals surface area contributed by atoms with Gasteiger partial charge in [-0.05, 0) is 122 Å². The number of unbranched alkanes of at least 4 members (excludes halogenated alkanes) is 6. The van der Waals surface area contributed by atoms with Crippen molar-refractivity contribution in [3.8, 4) is 28.4 Å². The van der Waals surface area contributed by atoms with Crippen LogP contribution in [0.1, 0.15) is 87.2 Å². The van der Waals surface area contributed by atoms with Crippen LogP contribution in [0.15, 0.2) is 131 Å². The van der Waals surface area contributed by atoms with Crippen molar-refractivity contribution in [3.05, 3.63) is 138 Å². The molecule has 0 saturated carbocycles. The molecule has 0 radical (unpaired) electrons. The fourth-order valence-electron chi connectivity index (χ4n) is 7.49. The van der Waals surface area contributed by atoms with E-state index in [0.29, 0.717) is 11.3 Å². The van der Waals surface area contributed by atoms with Crippen LogP contribution in [0.25, 0.3) is 17.2 Å². The van der Waals surface area contributed by atoms with Gasteiger partial charge in [-0.15, -0.1) is 0 Å². The number of esters is 1. The molecule has 5 aromatic rings. The van der Waals surface area contributed by atoms with Crippen molar-refractivity contribution >= 4 is 29.5 Å². The van der Waals surface area contributed by atoms with Crippen LogP contribution in [0.4, 0.5) is 5.69 Å². The van der Waals surface area contributed by atoms with E-state index in [0.717, 1.165) is 51.0 Å². The molecule has 0 saturated heterocycles. The van der Waals surface area contributed by atoms with Gasteiger partial charge in [-0.1, -0.05) is 99.7 Å². The average Bonchev–Trinajstić information content (AvgIpc) is 3.34. The van der Waals surface area contributed by atoms with Crippen molar-refractivity contribution in [3.63, 3.8) is 0 Å². The van der Waals surface area contributed by atoms with Crippen molar-refractivity contribution in [1.29, 1.82) is 0 Å². The summed E-state index contributed by atoms with van der Waals surface area (Å²) in [6.07, 6.45) is 13.3. The lowest BCUT2D eigenvalue weighted by molar-refractivity contribution is 0.0581. The number of fused-ring (bicyclic) bond motifs is 2. The molecule has 0 bridgehead atoms. The second-order valence-electron chi connectivity index (χ2n) is 14.6. The first-order chi connectivity index (χ1) is 25.8. The summed E-state index contributed by atoms with van der Waals surface area (Å²) in [6.45, 7) is 7.50. The number of nitrogens with zero attached hydrogens (tertiary/aromatic N) is 1. The molecule has 0 unspecified atom stereocenters. The van der Waals surface area contributed by atoms with Crippen LogP contribution >= 0.6 is 11.8 Å². The third-order valence-corrected chi connectivity index (χ3v) is 11.7. The summed E-state index contributed by atoms with van der Waals surface area (Å²) < 4.78 is 18.5. The van der Waals surface area contributed by atoms with Gasteiger partial charge in [0.05, 0.1) is 17.6 Å². The summed E-state index contributed by atoms with van der Waals surface area (Å²) in [5, 5.41) is 0. The first-order valence-electron chi connectivity index (χ1n) is 19.0. The largest absolute Gasteiger partial charge is 0.494 e. The molecule has 2 heterocycles. The maximum absolute atomic E-state index is 13.0. The number of para-hydroxylation sites is 1. The summed E-state index contributed by atoms with van der Waals surface area (Å²) in [6, 6.07) is 38.2. The number of ether oxygens (including phenoxy) is 3. The predicted molar refractivity (Wildman–Crippen MR) is 218 cm³/mol. The molecule has 0 fully saturated rings. The van der Waals surface area contributed by atoms with Crippen molar-refractivity contribution < 1.29 is 19.0 Å². The van der Waals surface area contributed by atoms with E-state index in [-0.39, 0.29) is 11.4 Å². The van der Waals surface area contributed by atoms with E-state index >= 15 is 0 Å².